The fourth-order valence-electron chi connectivity index (χ4n) is 2.66. The molecule has 0 amide bonds. The maximum atomic E-state index is 5.48. The molecule has 0 bridgehead atoms. The summed E-state index contributed by atoms with van der Waals surface area (Å²) in [4.78, 5) is 11.2. The Balaban J connectivity index is 1.95. The maximum absolute atomic E-state index is 5.48. The zero-order valence-corrected chi connectivity index (χ0v) is 14.0. The minimum atomic E-state index is 0.792. The molecule has 23 heavy (non-hydrogen) atoms. The normalized spacial score (nSPS) is 16.0. The van der Waals surface area contributed by atoms with Crippen molar-refractivity contribution in [3.05, 3.63) is 74.0 Å². The second kappa shape index (κ2) is 5.59. The molecule has 0 atom stereocenters. The van der Waals surface area contributed by atoms with Gasteiger partial charge < -0.3 is 14.7 Å². The van der Waals surface area contributed by atoms with Crippen LogP contribution >= 0.6 is 15.9 Å². The number of fused-ring (bicyclic) bond motifs is 1. The smallest absolute Gasteiger partial charge is 0.144 e. The van der Waals surface area contributed by atoms with E-state index < -0.39 is 0 Å². The van der Waals surface area contributed by atoms with Crippen LogP contribution < -0.4 is 26.0 Å². The standard InChI is InChI=1S/C18H14BrN3O/c1-23-18-10-16(22-17(18)8-11-4-3-7-20-11)15-9-12-13(19)5-2-6-14(12)21-15/h2-10,20,22H,1H3/b16-15-,17-8-. The highest BCUT2D eigenvalue weighted by Gasteiger charge is 2.07. The van der Waals surface area contributed by atoms with Gasteiger partial charge in [-0.1, -0.05) is 22.0 Å². The number of H-pyrrole nitrogens is 2. The molecule has 3 aromatic rings. The van der Waals surface area contributed by atoms with Crippen LogP contribution in [0.15, 0.2) is 52.1 Å². The van der Waals surface area contributed by atoms with E-state index in [-0.39, 0.29) is 0 Å². The van der Waals surface area contributed by atoms with Crippen molar-refractivity contribution in [3.8, 4) is 5.75 Å². The van der Waals surface area contributed by atoms with Crippen molar-refractivity contribution in [3.63, 3.8) is 0 Å². The van der Waals surface area contributed by atoms with E-state index in [1.807, 2.05) is 48.7 Å². The average molecular weight is 368 g/mol. The van der Waals surface area contributed by atoms with Crippen molar-refractivity contribution < 1.29 is 4.74 Å². The van der Waals surface area contributed by atoms with Crippen molar-refractivity contribution in [2.75, 3.05) is 7.11 Å². The molecule has 114 valence electrons. The molecular weight excluding hydrogens is 354 g/mol. The summed E-state index contributed by atoms with van der Waals surface area (Å²) in [5, 5.41) is 3.92. The Labute approximate surface area is 140 Å². The number of aromatic amines is 2. The van der Waals surface area contributed by atoms with E-state index in [2.05, 4.69) is 32.0 Å². The lowest BCUT2D eigenvalue weighted by molar-refractivity contribution is 0.412. The number of ether oxygens (including phenoxy) is 1. The molecule has 3 heterocycles. The van der Waals surface area contributed by atoms with Crippen molar-refractivity contribution in [2.24, 2.45) is 4.99 Å². The third kappa shape index (κ3) is 2.53. The minimum Gasteiger partial charge on any atom is -0.494 e. The van der Waals surface area contributed by atoms with E-state index in [9.17, 15) is 0 Å². The summed E-state index contributed by atoms with van der Waals surface area (Å²) in [6.45, 7) is 0. The lowest BCUT2D eigenvalue weighted by atomic mass is 10.3. The highest BCUT2D eigenvalue weighted by Crippen LogP contribution is 2.07. The maximum Gasteiger partial charge on any atom is 0.144 e. The van der Waals surface area contributed by atoms with E-state index in [0.717, 1.165) is 42.9 Å². The van der Waals surface area contributed by atoms with Crippen LogP contribution in [-0.4, -0.2) is 17.1 Å². The summed E-state index contributed by atoms with van der Waals surface area (Å²) in [5.41, 5.74) is 1.91. The lowest BCUT2D eigenvalue weighted by Crippen LogP contribution is -2.21. The van der Waals surface area contributed by atoms with Gasteiger partial charge in [0.15, 0.2) is 0 Å². The van der Waals surface area contributed by atoms with E-state index >= 15 is 0 Å². The zero-order valence-electron chi connectivity index (χ0n) is 12.4. The van der Waals surface area contributed by atoms with Gasteiger partial charge in [0.1, 0.15) is 5.75 Å². The molecule has 0 saturated carbocycles. The van der Waals surface area contributed by atoms with Gasteiger partial charge >= 0.3 is 0 Å². The van der Waals surface area contributed by atoms with Crippen LogP contribution in [0, 0.1) is 0 Å². The van der Waals surface area contributed by atoms with Gasteiger partial charge in [-0.2, -0.15) is 0 Å². The van der Waals surface area contributed by atoms with Gasteiger partial charge in [-0.05, 0) is 36.4 Å². The fraction of sp³-hybridized carbons (Fsp3) is 0.0556. The molecule has 4 rings (SSSR count). The number of halogens is 1. The number of hydrogen-bond donors (Lipinski definition) is 2. The fourth-order valence-corrected chi connectivity index (χ4v) is 3.13. The second-order valence-corrected chi connectivity index (χ2v) is 6.10. The Bertz CT molecular complexity index is 1110. The molecule has 0 spiro atoms. The summed E-state index contributed by atoms with van der Waals surface area (Å²) < 4.78 is 6.53. The molecule has 0 aliphatic carbocycles. The molecule has 2 N–H and O–H groups in total. The van der Waals surface area contributed by atoms with Crippen molar-refractivity contribution >= 4 is 33.8 Å². The van der Waals surface area contributed by atoms with Gasteiger partial charge in [0.05, 0.1) is 28.9 Å². The molecule has 1 aliphatic rings. The van der Waals surface area contributed by atoms with Gasteiger partial charge in [0.25, 0.3) is 0 Å². The Hall–Kier alpha value is -2.53. The molecule has 0 saturated heterocycles. The van der Waals surface area contributed by atoms with Gasteiger partial charge in [0.2, 0.25) is 0 Å². The van der Waals surface area contributed by atoms with Gasteiger partial charge in [-0.25, -0.2) is 4.99 Å². The molecule has 1 aliphatic heterocycles. The largest absolute Gasteiger partial charge is 0.494 e. The first-order chi connectivity index (χ1) is 11.2. The minimum absolute atomic E-state index is 0.792. The SMILES string of the molecule is COc1c/c(=C2\C=c3c(Br)cccc3=N2)[nH]/c1=C\c1ccc[nH]1. The lowest BCUT2D eigenvalue weighted by Gasteiger charge is -1.92. The van der Waals surface area contributed by atoms with Crippen molar-refractivity contribution in [1.82, 2.24) is 9.97 Å². The average Bonchev–Trinajstić information content (AvgIpc) is 3.26. The summed E-state index contributed by atoms with van der Waals surface area (Å²) >= 11 is 3.57. The number of nitrogens with zero attached hydrogens (tertiary/aromatic N) is 1. The third-order valence-corrected chi connectivity index (χ3v) is 4.47. The molecule has 0 fully saturated rings. The second-order valence-electron chi connectivity index (χ2n) is 5.25. The Kier molecular flexibility index (Phi) is 3.42. The monoisotopic (exact) mass is 367 g/mol. The molecule has 1 aromatic carbocycles. The quantitative estimate of drug-likeness (QED) is 0.701. The van der Waals surface area contributed by atoms with Crippen LogP contribution in [0.4, 0.5) is 0 Å². The number of benzene rings is 1. The molecule has 5 heteroatoms. The van der Waals surface area contributed by atoms with E-state index in [1.165, 1.54) is 0 Å². The highest BCUT2D eigenvalue weighted by atomic mass is 79.9. The Morgan fingerprint density at radius 1 is 1.22 bits per heavy atom. The van der Waals surface area contributed by atoms with Gasteiger partial charge in [0, 0.05) is 27.6 Å². The Morgan fingerprint density at radius 3 is 2.87 bits per heavy atom. The number of nitrogens with one attached hydrogen (secondary N) is 2. The zero-order chi connectivity index (χ0) is 15.8. The summed E-state index contributed by atoms with van der Waals surface area (Å²) in [6.07, 6.45) is 5.98. The number of hydrogen-bond acceptors (Lipinski definition) is 2. The predicted octanol–water partition coefficient (Wildman–Crippen LogP) is 1.16. The molecule has 4 nitrogen and oxygen atoms in total. The molecule has 0 radical (unpaired) electrons. The summed E-state index contributed by atoms with van der Waals surface area (Å²) in [5.74, 6) is 0.792. The highest BCUT2D eigenvalue weighted by molar-refractivity contribution is 9.10. The third-order valence-electron chi connectivity index (χ3n) is 3.78. The molecular formula is C18H14BrN3O. The van der Waals surface area contributed by atoms with E-state index in [1.54, 1.807) is 7.11 Å². The van der Waals surface area contributed by atoms with Crippen LogP contribution in [-0.2, 0) is 0 Å². The first-order valence-electron chi connectivity index (χ1n) is 7.22. The van der Waals surface area contributed by atoms with Gasteiger partial charge in [-0.15, -0.1) is 0 Å². The van der Waals surface area contributed by atoms with Crippen LogP contribution in [0.25, 0.3) is 17.8 Å². The Morgan fingerprint density at radius 2 is 2.13 bits per heavy atom. The topological polar surface area (TPSA) is 53.2 Å². The van der Waals surface area contributed by atoms with Crippen LogP contribution in [0.1, 0.15) is 5.69 Å². The summed E-state index contributed by atoms with van der Waals surface area (Å²) in [7, 11) is 1.67. The first kappa shape index (κ1) is 14.1. The van der Waals surface area contributed by atoms with Crippen LogP contribution in [0.3, 0.4) is 0 Å². The van der Waals surface area contributed by atoms with E-state index in [4.69, 9.17) is 9.73 Å². The predicted molar refractivity (Wildman–Crippen MR) is 93.8 cm³/mol. The molecule has 0 unspecified atom stereocenters. The van der Waals surface area contributed by atoms with Crippen molar-refractivity contribution in [2.45, 2.75) is 0 Å². The first-order valence-corrected chi connectivity index (χ1v) is 8.01. The number of methoxy groups -OCH3 is 1. The van der Waals surface area contributed by atoms with Gasteiger partial charge in [-0.3, -0.25) is 0 Å². The van der Waals surface area contributed by atoms with E-state index in [0.29, 0.717) is 0 Å². The number of rotatable bonds is 2. The summed E-state index contributed by atoms with van der Waals surface area (Å²) in [6, 6.07) is 12.0. The molecule has 2 aromatic heterocycles. The van der Waals surface area contributed by atoms with Crippen LogP contribution in [0.2, 0.25) is 0 Å². The number of aromatic nitrogens is 2. The van der Waals surface area contributed by atoms with Crippen LogP contribution in [0.5, 0.6) is 5.75 Å². The van der Waals surface area contributed by atoms with Crippen molar-refractivity contribution in [1.29, 1.82) is 0 Å².